The Morgan fingerprint density at radius 1 is 1.05 bits per heavy atom. The molecule has 0 saturated carbocycles. The van der Waals surface area contributed by atoms with Crippen molar-refractivity contribution >= 4 is 63.7 Å². The summed E-state index contributed by atoms with van der Waals surface area (Å²) in [5.74, 6) is -1.10. The van der Waals surface area contributed by atoms with Crippen LogP contribution in [0.5, 0.6) is 11.5 Å². The van der Waals surface area contributed by atoms with Crippen LogP contribution in [0.1, 0.15) is 5.56 Å². The smallest absolute Gasteiger partial charge is 0.318 e. The fourth-order valence-electron chi connectivity index (χ4n) is 3.44. The number of nitrogens with one attached hydrogen (secondary N) is 1. The molecule has 1 heterocycles. The van der Waals surface area contributed by atoms with Crippen LogP contribution in [-0.2, 0) is 9.59 Å². The molecule has 4 rings (SSSR count). The number of thioether (sulfide) groups is 2. The number of amides is 3. The molecule has 3 amide bonds. The number of non-ortho nitro benzene ring substituents is 1. The van der Waals surface area contributed by atoms with Gasteiger partial charge in [-0.2, -0.15) is 0 Å². The van der Waals surface area contributed by atoms with E-state index in [1.165, 1.54) is 30.0 Å². The van der Waals surface area contributed by atoms with Crippen LogP contribution in [0.4, 0.5) is 21.9 Å². The van der Waals surface area contributed by atoms with Crippen molar-refractivity contribution in [3.63, 3.8) is 0 Å². The second-order valence-corrected chi connectivity index (χ2v) is 9.76. The topological polar surface area (TPSA) is 162 Å². The number of carbonyl (C=O) groups excluding carboxylic acids is 3. The summed E-state index contributed by atoms with van der Waals surface area (Å²) in [7, 11) is 0. The predicted molar refractivity (Wildman–Crippen MR) is 146 cm³/mol. The van der Waals surface area contributed by atoms with Crippen LogP contribution in [0.25, 0.3) is 6.08 Å². The highest BCUT2D eigenvalue weighted by atomic mass is 32.2. The maximum absolute atomic E-state index is 12.8. The number of hydrogen-bond acceptors (Lipinski definition) is 10. The Bertz CT molecular complexity index is 1520. The molecule has 1 aliphatic heterocycles. The normalized spacial score (nSPS) is 14.0. The number of anilines is 1. The van der Waals surface area contributed by atoms with E-state index in [9.17, 15) is 34.6 Å². The van der Waals surface area contributed by atoms with E-state index in [0.717, 1.165) is 28.0 Å². The van der Waals surface area contributed by atoms with Crippen molar-refractivity contribution in [3.05, 3.63) is 97.4 Å². The fourth-order valence-corrected chi connectivity index (χ4v) is 4.74. The Morgan fingerprint density at radius 2 is 1.79 bits per heavy atom. The van der Waals surface area contributed by atoms with Gasteiger partial charge in [0.2, 0.25) is 11.7 Å². The third kappa shape index (κ3) is 6.61. The van der Waals surface area contributed by atoms with Crippen molar-refractivity contribution in [2.45, 2.75) is 4.90 Å². The van der Waals surface area contributed by atoms with Crippen molar-refractivity contribution in [3.8, 4) is 11.5 Å². The van der Waals surface area contributed by atoms with Crippen LogP contribution in [0, 0.1) is 20.2 Å². The number of ether oxygens (including phenoxy) is 1. The second-order valence-electron chi connectivity index (χ2n) is 7.89. The lowest BCUT2D eigenvalue weighted by Gasteiger charge is -2.12. The first kappa shape index (κ1) is 27.3. The average molecular weight is 567 g/mol. The summed E-state index contributed by atoms with van der Waals surface area (Å²) < 4.78 is 5.53. The fraction of sp³-hybridized carbons (Fsp3) is 0.0800. The van der Waals surface area contributed by atoms with Crippen LogP contribution in [0.15, 0.2) is 76.5 Å². The highest BCUT2D eigenvalue weighted by molar-refractivity contribution is 8.18. The molecule has 12 nitrogen and oxygen atoms in total. The first-order valence-electron chi connectivity index (χ1n) is 11.0. The third-order valence-corrected chi connectivity index (χ3v) is 6.92. The lowest BCUT2D eigenvalue weighted by Crippen LogP contribution is -2.36. The first-order chi connectivity index (χ1) is 18.6. The average Bonchev–Trinajstić information content (AvgIpc) is 3.17. The Balaban J connectivity index is 1.42. The summed E-state index contributed by atoms with van der Waals surface area (Å²) in [6.07, 6.45) is 3.38. The van der Waals surface area contributed by atoms with E-state index in [-0.39, 0.29) is 16.4 Å². The first-order valence-corrected chi connectivity index (χ1v) is 13.1. The Morgan fingerprint density at radius 3 is 2.46 bits per heavy atom. The van der Waals surface area contributed by atoms with Gasteiger partial charge >= 0.3 is 5.69 Å². The molecule has 0 atom stereocenters. The summed E-state index contributed by atoms with van der Waals surface area (Å²) in [6, 6.07) is 16.3. The number of nitro groups is 2. The molecule has 1 fully saturated rings. The van der Waals surface area contributed by atoms with Gasteiger partial charge in [-0.25, -0.2) is 0 Å². The zero-order valence-corrected chi connectivity index (χ0v) is 21.7. The SMILES string of the molecule is CSc1cccc(NC(=O)CN2C(=O)S/C(=C/c3ccc(Oc4ccc([N+](=O)[O-])cc4[N+](=O)[O-])cc3)C2=O)c1. The number of benzene rings is 3. The van der Waals surface area contributed by atoms with Gasteiger partial charge in [0.15, 0.2) is 0 Å². The van der Waals surface area contributed by atoms with Gasteiger partial charge in [0.05, 0.1) is 20.8 Å². The molecule has 0 aromatic heterocycles. The van der Waals surface area contributed by atoms with Crippen molar-refractivity contribution in [2.24, 2.45) is 0 Å². The number of nitro benzene ring substituents is 2. The quantitative estimate of drug-likeness (QED) is 0.147. The lowest BCUT2D eigenvalue weighted by molar-refractivity contribution is -0.394. The maximum Gasteiger partial charge on any atom is 0.318 e. The molecule has 3 aromatic carbocycles. The van der Waals surface area contributed by atoms with E-state index < -0.39 is 44.8 Å². The summed E-state index contributed by atoms with van der Waals surface area (Å²) >= 11 is 2.21. The molecule has 0 unspecified atom stereocenters. The number of hydrogen-bond donors (Lipinski definition) is 1. The van der Waals surface area contributed by atoms with E-state index in [1.807, 2.05) is 12.3 Å². The molecule has 0 bridgehead atoms. The van der Waals surface area contributed by atoms with Crippen molar-refractivity contribution < 1.29 is 29.0 Å². The van der Waals surface area contributed by atoms with Gasteiger partial charge in [0.25, 0.3) is 16.8 Å². The summed E-state index contributed by atoms with van der Waals surface area (Å²) in [6.45, 7) is -0.438. The molecule has 1 N–H and O–H groups in total. The van der Waals surface area contributed by atoms with Crippen LogP contribution in [0.3, 0.4) is 0 Å². The molecular weight excluding hydrogens is 548 g/mol. The summed E-state index contributed by atoms with van der Waals surface area (Å²) in [5, 5.41) is 24.3. The minimum Gasteiger partial charge on any atom is -0.450 e. The van der Waals surface area contributed by atoms with Gasteiger partial charge in [-0.15, -0.1) is 11.8 Å². The van der Waals surface area contributed by atoms with E-state index in [2.05, 4.69) is 5.32 Å². The molecule has 14 heteroatoms. The number of carbonyl (C=O) groups is 3. The predicted octanol–water partition coefficient (Wildman–Crippen LogP) is 5.69. The molecule has 39 heavy (non-hydrogen) atoms. The molecule has 1 aliphatic rings. The lowest BCUT2D eigenvalue weighted by atomic mass is 10.2. The van der Waals surface area contributed by atoms with Crippen LogP contribution in [-0.4, -0.2) is 44.6 Å². The van der Waals surface area contributed by atoms with E-state index in [4.69, 9.17) is 4.74 Å². The minimum atomic E-state index is -0.783. The second kappa shape index (κ2) is 11.8. The van der Waals surface area contributed by atoms with E-state index in [0.29, 0.717) is 23.0 Å². The molecule has 0 spiro atoms. The largest absolute Gasteiger partial charge is 0.450 e. The van der Waals surface area contributed by atoms with Gasteiger partial charge in [-0.3, -0.25) is 39.5 Å². The number of rotatable bonds is 9. The van der Waals surface area contributed by atoms with Crippen molar-refractivity contribution in [1.29, 1.82) is 0 Å². The molecule has 3 aromatic rings. The Hall–Kier alpha value is -4.69. The monoisotopic (exact) mass is 566 g/mol. The minimum absolute atomic E-state index is 0.122. The molecule has 0 radical (unpaired) electrons. The highest BCUT2D eigenvalue weighted by Crippen LogP contribution is 2.35. The third-order valence-electron chi connectivity index (χ3n) is 5.28. The summed E-state index contributed by atoms with van der Waals surface area (Å²) in [5.41, 5.74) is 0.0729. The van der Waals surface area contributed by atoms with Crippen LogP contribution >= 0.6 is 23.5 Å². The van der Waals surface area contributed by atoms with Gasteiger partial charge in [0, 0.05) is 16.6 Å². The van der Waals surface area contributed by atoms with Gasteiger partial charge in [-0.1, -0.05) is 18.2 Å². The van der Waals surface area contributed by atoms with Gasteiger partial charge < -0.3 is 10.1 Å². The Kier molecular flexibility index (Phi) is 8.27. The van der Waals surface area contributed by atoms with E-state index in [1.54, 1.807) is 30.3 Å². The molecule has 0 aliphatic carbocycles. The molecular formula is C25H18N4O8S2. The Labute approximate surface area is 229 Å². The van der Waals surface area contributed by atoms with Crippen LogP contribution in [0.2, 0.25) is 0 Å². The van der Waals surface area contributed by atoms with Gasteiger partial charge in [-0.05, 0) is 66.1 Å². The number of nitrogens with zero attached hydrogens (tertiary/aromatic N) is 3. The van der Waals surface area contributed by atoms with Gasteiger partial charge in [0.1, 0.15) is 12.3 Å². The maximum atomic E-state index is 12.8. The molecule has 1 saturated heterocycles. The summed E-state index contributed by atoms with van der Waals surface area (Å²) in [4.78, 5) is 60.3. The molecule has 198 valence electrons. The highest BCUT2D eigenvalue weighted by Gasteiger charge is 2.36. The van der Waals surface area contributed by atoms with Crippen LogP contribution < -0.4 is 10.1 Å². The van der Waals surface area contributed by atoms with E-state index >= 15 is 0 Å². The van der Waals surface area contributed by atoms with Crippen molar-refractivity contribution in [1.82, 2.24) is 4.90 Å². The van der Waals surface area contributed by atoms with Crippen molar-refractivity contribution in [2.75, 3.05) is 18.1 Å². The zero-order chi connectivity index (χ0) is 28.1. The standard InChI is InChI=1S/C25H18N4O8S2/c1-38-19-4-2-3-16(12-19)26-23(30)14-27-24(31)22(39-25(27)32)11-15-5-8-18(9-6-15)37-21-10-7-17(28(33)34)13-20(21)29(35)36/h2-13H,14H2,1H3,(H,26,30)/b22-11+. The number of imide groups is 1. The zero-order valence-electron chi connectivity index (χ0n) is 20.1.